The molecule has 1 amide bonds. The van der Waals surface area contributed by atoms with Crippen molar-refractivity contribution >= 4 is 23.3 Å². The Morgan fingerprint density at radius 2 is 2.29 bits per heavy atom. The molecule has 0 unspecified atom stereocenters. The molecule has 1 aromatic heterocycles. The van der Waals surface area contributed by atoms with Crippen molar-refractivity contribution in [3.05, 3.63) is 17.5 Å². The van der Waals surface area contributed by atoms with E-state index in [9.17, 15) is 4.79 Å². The fraction of sp³-hybridized carbons (Fsp3) is 0.500. The second-order valence-corrected chi connectivity index (χ2v) is 5.20. The van der Waals surface area contributed by atoms with Gasteiger partial charge in [-0.05, 0) is 6.42 Å². The molecular weight excluding hydrogens is 290 g/mol. The van der Waals surface area contributed by atoms with E-state index in [4.69, 9.17) is 18.0 Å². The van der Waals surface area contributed by atoms with Crippen LogP contribution in [-0.4, -0.2) is 60.0 Å². The summed E-state index contributed by atoms with van der Waals surface area (Å²) in [7, 11) is 0. The molecule has 1 aliphatic heterocycles. The summed E-state index contributed by atoms with van der Waals surface area (Å²) in [5, 5.41) is 3.23. The Balaban J connectivity index is 1.89. The highest BCUT2D eigenvalue weighted by Gasteiger charge is 2.19. The van der Waals surface area contributed by atoms with Crippen LogP contribution in [0.2, 0.25) is 5.02 Å². The average molecular weight is 308 g/mol. The first-order valence-electron chi connectivity index (χ1n) is 6.83. The molecule has 0 saturated carbocycles. The predicted molar refractivity (Wildman–Crippen MR) is 82.2 cm³/mol. The van der Waals surface area contributed by atoms with Crippen molar-refractivity contribution in [2.24, 2.45) is 0 Å². The minimum atomic E-state index is -0.0403. The molecule has 0 radical (unpaired) electrons. The van der Waals surface area contributed by atoms with Gasteiger partial charge in [-0.1, -0.05) is 17.5 Å². The van der Waals surface area contributed by atoms with Crippen molar-refractivity contribution in [3.8, 4) is 12.3 Å². The number of amides is 1. The molecule has 7 heteroatoms. The molecule has 6 nitrogen and oxygen atoms in total. The quantitative estimate of drug-likeness (QED) is 0.816. The van der Waals surface area contributed by atoms with Crippen LogP contribution in [0.15, 0.2) is 12.5 Å². The number of nitrogens with one attached hydrogen (secondary N) is 1. The number of aromatic nitrogens is 2. The lowest BCUT2D eigenvalue weighted by Crippen LogP contribution is -2.39. The fourth-order valence-corrected chi connectivity index (χ4v) is 2.51. The highest BCUT2D eigenvalue weighted by atomic mass is 35.5. The number of halogens is 1. The van der Waals surface area contributed by atoms with Crippen molar-refractivity contribution in [2.75, 3.05) is 44.2 Å². The molecule has 0 aromatic carbocycles. The lowest BCUT2D eigenvalue weighted by Gasteiger charge is -2.22. The Morgan fingerprint density at radius 3 is 3.05 bits per heavy atom. The third-order valence-electron chi connectivity index (χ3n) is 3.29. The van der Waals surface area contributed by atoms with E-state index in [1.807, 2.05) is 0 Å². The van der Waals surface area contributed by atoms with Gasteiger partial charge in [-0.15, -0.1) is 6.42 Å². The first-order valence-corrected chi connectivity index (χ1v) is 7.21. The summed E-state index contributed by atoms with van der Waals surface area (Å²) < 4.78 is 0. The van der Waals surface area contributed by atoms with E-state index in [-0.39, 0.29) is 12.5 Å². The fourth-order valence-electron chi connectivity index (χ4n) is 2.29. The number of hydrogen-bond donors (Lipinski definition) is 1. The molecule has 1 aliphatic rings. The second kappa shape index (κ2) is 7.81. The Hall–Kier alpha value is -1.84. The zero-order chi connectivity index (χ0) is 15.1. The van der Waals surface area contributed by atoms with Crippen molar-refractivity contribution in [2.45, 2.75) is 6.42 Å². The summed E-state index contributed by atoms with van der Waals surface area (Å²) in [6.45, 7) is 3.92. The van der Waals surface area contributed by atoms with Crippen molar-refractivity contribution in [3.63, 3.8) is 0 Å². The first kappa shape index (κ1) is 15.5. The SMILES string of the molecule is C#CCNC(=O)CN1CCCN(c2ncncc2Cl)CC1. The van der Waals surface area contributed by atoms with Gasteiger partial charge in [-0.3, -0.25) is 9.69 Å². The topological polar surface area (TPSA) is 61.4 Å². The van der Waals surface area contributed by atoms with Crippen LogP contribution < -0.4 is 10.2 Å². The van der Waals surface area contributed by atoms with E-state index in [0.717, 1.165) is 38.4 Å². The Bertz CT molecular complexity index is 530. The summed E-state index contributed by atoms with van der Waals surface area (Å²) in [5.41, 5.74) is 0. The third kappa shape index (κ3) is 4.59. The maximum absolute atomic E-state index is 11.7. The minimum Gasteiger partial charge on any atom is -0.354 e. The Morgan fingerprint density at radius 1 is 1.43 bits per heavy atom. The van der Waals surface area contributed by atoms with Gasteiger partial charge in [0.2, 0.25) is 5.91 Å². The van der Waals surface area contributed by atoms with Crippen LogP contribution >= 0.6 is 11.6 Å². The number of rotatable bonds is 4. The number of nitrogens with zero attached hydrogens (tertiary/aromatic N) is 4. The Labute approximate surface area is 129 Å². The van der Waals surface area contributed by atoms with Crippen molar-refractivity contribution in [1.29, 1.82) is 0 Å². The van der Waals surface area contributed by atoms with Crippen LogP contribution in [0, 0.1) is 12.3 Å². The van der Waals surface area contributed by atoms with Crippen LogP contribution in [0.25, 0.3) is 0 Å². The molecule has 0 spiro atoms. The summed E-state index contributed by atoms with van der Waals surface area (Å²) in [4.78, 5) is 24.1. The van der Waals surface area contributed by atoms with Gasteiger partial charge in [-0.2, -0.15) is 0 Å². The van der Waals surface area contributed by atoms with Gasteiger partial charge < -0.3 is 10.2 Å². The second-order valence-electron chi connectivity index (χ2n) is 4.79. The number of carbonyl (C=O) groups is 1. The first-order chi connectivity index (χ1) is 10.2. The van der Waals surface area contributed by atoms with Gasteiger partial charge in [-0.25, -0.2) is 9.97 Å². The van der Waals surface area contributed by atoms with E-state index in [0.29, 0.717) is 11.6 Å². The van der Waals surface area contributed by atoms with E-state index < -0.39 is 0 Å². The molecule has 2 heterocycles. The number of hydrogen-bond acceptors (Lipinski definition) is 5. The third-order valence-corrected chi connectivity index (χ3v) is 3.56. The number of anilines is 1. The molecule has 1 N–H and O–H groups in total. The van der Waals surface area contributed by atoms with Crippen molar-refractivity contribution in [1.82, 2.24) is 20.2 Å². The molecule has 0 bridgehead atoms. The van der Waals surface area contributed by atoms with E-state index >= 15 is 0 Å². The zero-order valence-electron chi connectivity index (χ0n) is 11.8. The molecule has 1 aromatic rings. The molecule has 0 atom stereocenters. The van der Waals surface area contributed by atoms with Gasteiger partial charge in [0.1, 0.15) is 11.3 Å². The molecular formula is C14H18ClN5O. The molecule has 21 heavy (non-hydrogen) atoms. The van der Waals surface area contributed by atoms with Crippen LogP contribution in [0.3, 0.4) is 0 Å². The molecule has 1 saturated heterocycles. The van der Waals surface area contributed by atoms with Gasteiger partial charge >= 0.3 is 0 Å². The smallest absolute Gasteiger partial charge is 0.234 e. The molecule has 112 valence electrons. The predicted octanol–water partition coefficient (Wildman–Crippen LogP) is 0.391. The summed E-state index contributed by atoms with van der Waals surface area (Å²) >= 11 is 6.13. The zero-order valence-corrected chi connectivity index (χ0v) is 12.5. The lowest BCUT2D eigenvalue weighted by atomic mass is 10.3. The maximum atomic E-state index is 11.7. The molecule has 0 aliphatic carbocycles. The maximum Gasteiger partial charge on any atom is 0.234 e. The van der Waals surface area contributed by atoms with Gasteiger partial charge in [0.15, 0.2) is 5.82 Å². The molecule has 2 rings (SSSR count). The number of terminal acetylenes is 1. The Kier molecular flexibility index (Phi) is 5.78. The highest BCUT2D eigenvalue weighted by molar-refractivity contribution is 6.32. The summed E-state index contributed by atoms with van der Waals surface area (Å²) in [6.07, 6.45) is 9.16. The average Bonchev–Trinajstić information content (AvgIpc) is 2.71. The lowest BCUT2D eigenvalue weighted by molar-refractivity contribution is -0.121. The van der Waals surface area contributed by atoms with Crippen LogP contribution in [0.4, 0.5) is 5.82 Å². The standard InChI is InChI=1S/C14H18ClN5O/c1-2-4-17-13(21)10-19-5-3-6-20(8-7-19)14-12(15)9-16-11-18-14/h1,9,11H,3-8,10H2,(H,17,21). The van der Waals surface area contributed by atoms with Crippen LogP contribution in [-0.2, 0) is 4.79 Å². The van der Waals surface area contributed by atoms with E-state index in [2.05, 4.69) is 31.0 Å². The van der Waals surface area contributed by atoms with E-state index in [1.165, 1.54) is 6.33 Å². The largest absolute Gasteiger partial charge is 0.354 e. The summed E-state index contributed by atoms with van der Waals surface area (Å²) in [6, 6.07) is 0. The van der Waals surface area contributed by atoms with Gasteiger partial charge in [0.05, 0.1) is 19.3 Å². The summed E-state index contributed by atoms with van der Waals surface area (Å²) in [5.74, 6) is 3.11. The van der Waals surface area contributed by atoms with Gasteiger partial charge in [0.25, 0.3) is 0 Å². The normalized spacial score (nSPS) is 16.1. The van der Waals surface area contributed by atoms with Crippen LogP contribution in [0.1, 0.15) is 6.42 Å². The number of carbonyl (C=O) groups excluding carboxylic acids is 1. The van der Waals surface area contributed by atoms with Gasteiger partial charge in [0, 0.05) is 26.2 Å². The molecule has 1 fully saturated rings. The minimum absolute atomic E-state index is 0.0403. The van der Waals surface area contributed by atoms with E-state index in [1.54, 1.807) is 6.20 Å². The van der Waals surface area contributed by atoms with Crippen LogP contribution in [0.5, 0.6) is 0 Å². The van der Waals surface area contributed by atoms with Crippen molar-refractivity contribution < 1.29 is 4.79 Å². The monoisotopic (exact) mass is 307 g/mol. The highest BCUT2D eigenvalue weighted by Crippen LogP contribution is 2.22.